The second-order valence-corrected chi connectivity index (χ2v) is 10.3. The fourth-order valence-corrected chi connectivity index (χ4v) is 5.33. The van der Waals surface area contributed by atoms with Crippen molar-refractivity contribution in [3.8, 4) is 0 Å². The average Bonchev–Trinajstić information content (AvgIpc) is 3.39. The Morgan fingerprint density at radius 1 is 1.28 bits per heavy atom. The van der Waals surface area contributed by atoms with Gasteiger partial charge < -0.3 is 19.9 Å². The SMILES string of the molecule is CCOC(=O)C1=C(CN2CCN(C(=O)N(C)C)CC2)NC(c2nccs2)=NC1c1ccc(F)cc1Br. The maximum Gasteiger partial charge on any atom is 0.338 e. The van der Waals surface area contributed by atoms with Gasteiger partial charge in [-0.2, -0.15) is 0 Å². The van der Waals surface area contributed by atoms with E-state index in [9.17, 15) is 14.0 Å². The highest BCUT2D eigenvalue weighted by atomic mass is 79.9. The van der Waals surface area contributed by atoms with Crippen molar-refractivity contribution in [3.63, 3.8) is 0 Å². The topological polar surface area (TPSA) is 90.4 Å². The first-order valence-electron chi connectivity index (χ1n) is 11.6. The summed E-state index contributed by atoms with van der Waals surface area (Å²) in [6.07, 6.45) is 1.69. The van der Waals surface area contributed by atoms with Crippen molar-refractivity contribution in [1.29, 1.82) is 0 Å². The van der Waals surface area contributed by atoms with Crippen LogP contribution in [0.3, 0.4) is 0 Å². The van der Waals surface area contributed by atoms with E-state index in [4.69, 9.17) is 9.73 Å². The number of benzene rings is 1. The number of carbonyl (C=O) groups is 2. The molecule has 36 heavy (non-hydrogen) atoms. The van der Waals surface area contributed by atoms with Gasteiger partial charge in [0.05, 0.1) is 12.2 Å². The number of aliphatic imine (C=N–C) groups is 1. The van der Waals surface area contributed by atoms with Crippen molar-refractivity contribution >= 4 is 45.1 Å². The second-order valence-electron chi connectivity index (χ2n) is 8.56. The van der Waals surface area contributed by atoms with Crippen LogP contribution in [0.2, 0.25) is 0 Å². The normalized spacial score (nSPS) is 18.5. The summed E-state index contributed by atoms with van der Waals surface area (Å²) in [5.41, 5.74) is 1.67. The lowest BCUT2D eigenvalue weighted by Crippen LogP contribution is -2.52. The number of halogens is 2. The number of rotatable bonds is 6. The standard InChI is InChI=1S/C24H28BrFN6O3S/c1-4-35-23(33)19-18(14-31-8-10-32(11-9-31)24(34)30(2)3)28-21(22-27-7-12-36-22)29-20(19)16-6-5-15(26)13-17(16)25/h5-7,12-13,20H,4,8-11,14H2,1-3H3,(H,28,29). The number of hydrogen-bond donors (Lipinski definition) is 1. The lowest BCUT2D eigenvalue weighted by atomic mass is 9.95. The third kappa shape index (κ3) is 5.76. The van der Waals surface area contributed by atoms with Crippen molar-refractivity contribution in [2.75, 3.05) is 53.4 Å². The van der Waals surface area contributed by atoms with Crippen molar-refractivity contribution in [2.24, 2.45) is 4.99 Å². The molecule has 12 heteroatoms. The first kappa shape index (κ1) is 26.2. The molecule has 0 radical (unpaired) electrons. The van der Waals surface area contributed by atoms with Gasteiger partial charge in [-0.25, -0.2) is 19.0 Å². The molecule has 1 atom stereocenters. The summed E-state index contributed by atoms with van der Waals surface area (Å²) in [7, 11) is 3.48. The molecular formula is C24H28BrFN6O3S. The van der Waals surface area contributed by atoms with Crippen LogP contribution in [0.5, 0.6) is 0 Å². The molecule has 1 aromatic carbocycles. The van der Waals surface area contributed by atoms with Gasteiger partial charge in [-0.05, 0) is 24.6 Å². The van der Waals surface area contributed by atoms with Crippen LogP contribution >= 0.6 is 27.3 Å². The van der Waals surface area contributed by atoms with Crippen molar-refractivity contribution in [2.45, 2.75) is 13.0 Å². The Kier molecular flexibility index (Phi) is 8.37. The predicted octanol–water partition coefficient (Wildman–Crippen LogP) is 3.25. The molecule has 192 valence electrons. The van der Waals surface area contributed by atoms with Gasteiger partial charge in [0.25, 0.3) is 0 Å². The summed E-state index contributed by atoms with van der Waals surface area (Å²) >= 11 is 4.88. The smallest absolute Gasteiger partial charge is 0.338 e. The van der Waals surface area contributed by atoms with Crippen LogP contribution in [-0.2, 0) is 9.53 Å². The Labute approximate surface area is 221 Å². The van der Waals surface area contributed by atoms with Crippen LogP contribution in [0.15, 0.2) is 50.5 Å². The lowest BCUT2D eigenvalue weighted by molar-refractivity contribution is -0.139. The third-order valence-corrected chi connectivity index (χ3v) is 7.39. The van der Waals surface area contributed by atoms with E-state index in [1.54, 1.807) is 38.2 Å². The molecule has 1 unspecified atom stereocenters. The molecule has 0 aliphatic carbocycles. The summed E-state index contributed by atoms with van der Waals surface area (Å²) in [5, 5.41) is 5.87. The maximum absolute atomic E-state index is 13.9. The second kappa shape index (κ2) is 11.5. The number of urea groups is 1. The van der Waals surface area contributed by atoms with E-state index >= 15 is 0 Å². The van der Waals surface area contributed by atoms with E-state index < -0.39 is 17.8 Å². The Hall–Kier alpha value is -2.83. The highest BCUT2D eigenvalue weighted by molar-refractivity contribution is 9.10. The molecule has 9 nitrogen and oxygen atoms in total. The fraction of sp³-hybridized carbons (Fsp3) is 0.417. The van der Waals surface area contributed by atoms with E-state index in [1.807, 2.05) is 10.3 Å². The molecule has 1 aromatic heterocycles. The van der Waals surface area contributed by atoms with Crippen molar-refractivity contribution in [3.05, 3.63) is 61.9 Å². The first-order chi connectivity index (χ1) is 17.3. The monoisotopic (exact) mass is 578 g/mol. The van der Waals surface area contributed by atoms with Crippen LogP contribution in [0.25, 0.3) is 0 Å². The lowest BCUT2D eigenvalue weighted by Gasteiger charge is -2.37. The Balaban J connectivity index is 1.70. The van der Waals surface area contributed by atoms with Crippen molar-refractivity contribution < 1.29 is 18.7 Å². The quantitative estimate of drug-likeness (QED) is 0.529. The van der Waals surface area contributed by atoms with Gasteiger partial charge in [-0.15, -0.1) is 11.3 Å². The number of aromatic nitrogens is 1. The fourth-order valence-electron chi connectivity index (χ4n) is 4.17. The summed E-state index contributed by atoms with van der Waals surface area (Å²) in [6.45, 7) is 4.85. The minimum atomic E-state index is -0.717. The number of carbonyl (C=O) groups excluding carboxylic acids is 2. The van der Waals surface area contributed by atoms with E-state index in [0.29, 0.717) is 64.9 Å². The molecule has 2 aliphatic rings. The van der Waals surface area contributed by atoms with Gasteiger partial charge in [0.15, 0.2) is 10.8 Å². The van der Waals surface area contributed by atoms with E-state index in [1.165, 1.54) is 23.5 Å². The number of ether oxygens (including phenoxy) is 1. The number of amides is 2. The highest BCUT2D eigenvalue weighted by Gasteiger charge is 2.35. The first-order valence-corrected chi connectivity index (χ1v) is 13.2. The van der Waals surface area contributed by atoms with Gasteiger partial charge in [0.2, 0.25) is 0 Å². The molecular weight excluding hydrogens is 551 g/mol. The van der Waals surface area contributed by atoms with Gasteiger partial charge in [0.1, 0.15) is 11.9 Å². The molecule has 0 spiro atoms. The number of amidine groups is 1. The predicted molar refractivity (Wildman–Crippen MR) is 139 cm³/mol. The summed E-state index contributed by atoms with van der Waals surface area (Å²) < 4.78 is 19.8. The molecule has 4 rings (SSSR count). The van der Waals surface area contributed by atoms with E-state index in [2.05, 4.69) is 31.1 Å². The van der Waals surface area contributed by atoms with E-state index in [0.717, 1.165) is 0 Å². The molecule has 2 aliphatic heterocycles. The molecule has 1 saturated heterocycles. The number of thiazole rings is 1. The summed E-state index contributed by atoms with van der Waals surface area (Å²) in [4.78, 5) is 40.4. The van der Waals surface area contributed by atoms with Gasteiger partial charge >= 0.3 is 12.0 Å². The minimum Gasteiger partial charge on any atom is -0.463 e. The molecule has 1 N–H and O–H groups in total. The maximum atomic E-state index is 13.9. The zero-order valence-electron chi connectivity index (χ0n) is 20.3. The number of nitrogens with zero attached hydrogens (tertiary/aromatic N) is 5. The van der Waals surface area contributed by atoms with Gasteiger partial charge in [-0.3, -0.25) is 9.89 Å². The molecule has 3 heterocycles. The Morgan fingerprint density at radius 2 is 2.03 bits per heavy atom. The molecule has 1 fully saturated rings. The minimum absolute atomic E-state index is 0.0173. The van der Waals surface area contributed by atoms with Crippen molar-refractivity contribution in [1.82, 2.24) is 25.0 Å². The molecule has 0 saturated carbocycles. The molecule has 2 amide bonds. The third-order valence-electron chi connectivity index (χ3n) is 5.92. The zero-order valence-corrected chi connectivity index (χ0v) is 22.7. The van der Waals surface area contributed by atoms with Gasteiger partial charge in [0, 0.05) is 68.6 Å². The summed E-state index contributed by atoms with van der Waals surface area (Å²) in [6, 6.07) is 3.60. The van der Waals surface area contributed by atoms with E-state index in [-0.39, 0.29) is 12.6 Å². The Morgan fingerprint density at radius 3 is 2.64 bits per heavy atom. The molecule has 2 aromatic rings. The number of esters is 1. The number of nitrogens with one attached hydrogen (secondary N) is 1. The Bertz CT molecular complexity index is 1180. The van der Waals surface area contributed by atoms with Crippen LogP contribution in [0, 0.1) is 5.82 Å². The highest BCUT2D eigenvalue weighted by Crippen LogP contribution is 2.37. The van der Waals surface area contributed by atoms with Gasteiger partial charge in [-0.1, -0.05) is 22.0 Å². The number of piperazine rings is 1. The largest absolute Gasteiger partial charge is 0.463 e. The van der Waals surface area contributed by atoms with Crippen LogP contribution in [0.1, 0.15) is 23.5 Å². The van der Waals surface area contributed by atoms with Crippen LogP contribution in [0.4, 0.5) is 9.18 Å². The number of hydrogen-bond acceptors (Lipinski definition) is 8. The van der Waals surface area contributed by atoms with Crippen LogP contribution in [-0.4, -0.2) is 90.9 Å². The average molecular weight is 579 g/mol. The summed E-state index contributed by atoms with van der Waals surface area (Å²) in [5.74, 6) is -0.337. The zero-order chi connectivity index (χ0) is 25.8. The van der Waals surface area contributed by atoms with Crippen LogP contribution < -0.4 is 5.32 Å². The molecule has 0 bridgehead atoms.